The van der Waals surface area contributed by atoms with E-state index in [-0.39, 0.29) is 12.8 Å². The van der Waals surface area contributed by atoms with Crippen LogP contribution in [0.5, 0.6) is 0 Å². The number of aliphatic hydroxyl groups excluding tert-OH is 1. The Morgan fingerprint density at radius 3 is 2.53 bits per heavy atom. The highest BCUT2D eigenvalue weighted by molar-refractivity contribution is 7.50. The molecule has 0 fully saturated rings. The largest absolute Gasteiger partial charge is 0.392 e. The summed E-state index contributed by atoms with van der Waals surface area (Å²) in [5.74, 6) is 0. The predicted molar refractivity (Wildman–Crippen MR) is 65.6 cm³/mol. The highest BCUT2D eigenvalue weighted by atomic mass is 31.2. The highest BCUT2D eigenvalue weighted by Gasteiger charge is 2.15. The summed E-state index contributed by atoms with van der Waals surface area (Å²) in [6, 6.07) is 10.7. The van der Waals surface area contributed by atoms with Gasteiger partial charge in [-0.05, 0) is 28.0 Å². The lowest BCUT2D eigenvalue weighted by molar-refractivity contribution is 0.282. The second kappa shape index (κ2) is 4.59. The lowest BCUT2D eigenvalue weighted by Gasteiger charge is -2.08. The third kappa shape index (κ3) is 2.93. The van der Waals surface area contributed by atoms with E-state index in [4.69, 9.17) is 14.9 Å². The van der Waals surface area contributed by atoms with Crippen LogP contribution in [0.25, 0.3) is 10.8 Å². The molecule has 0 saturated carbocycles. The van der Waals surface area contributed by atoms with Crippen molar-refractivity contribution in [1.82, 2.24) is 0 Å². The van der Waals surface area contributed by atoms with Crippen LogP contribution >= 0.6 is 7.60 Å². The molecule has 0 aliphatic carbocycles. The van der Waals surface area contributed by atoms with E-state index in [9.17, 15) is 4.57 Å². The highest BCUT2D eigenvalue weighted by Crippen LogP contribution is 2.40. The van der Waals surface area contributed by atoms with Gasteiger partial charge in [-0.25, -0.2) is 0 Å². The standard InChI is InChI=1S/C12H13O4P/c13-7-9-4-5-12-10(6-9)2-1-3-11(12)8-17(14,15)16/h1-6,13H,7-8H2,(H2,14,15,16). The molecule has 0 aromatic heterocycles. The lowest BCUT2D eigenvalue weighted by atomic mass is 10.0. The van der Waals surface area contributed by atoms with E-state index in [2.05, 4.69) is 0 Å². The van der Waals surface area contributed by atoms with E-state index < -0.39 is 7.60 Å². The van der Waals surface area contributed by atoms with Gasteiger partial charge in [-0.3, -0.25) is 4.57 Å². The van der Waals surface area contributed by atoms with Crippen molar-refractivity contribution in [3.63, 3.8) is 0 Å². The Kier molecular flexibility index (Phi) is 3.31. The summed E-state index contributed by atoms with van der Waals surface area (Å²) in [5.41, 5.74) is 1.41. The minimum atomic E-state index is -4.06. The fourth-order valence-corrected chi connectivity index (χ4v) is 2.58. The Labute approximate surface area is 98.7 Å². The topological polar surface area (TPSA) is 77.8 Å². The molecule has 0 aliphatic rings. The molecule has 3 N–H and O–H groups in total. The van der Waals surface area contributed by atoms with Crippen LogP contribution in [0.1, 0.15) is 11.1 Å². The summed E-state index contributed by atoms with van der Waals surface area (Å²) in [6.45, 7) is -0.0430. The Hall–Kier alpha value is -1.19. The van der Waals surface area contributed by atoms with Gasteiger partial charge in [-0.15, -0.1) is 0 Å². The first-order chi connectivity index (χ1) is 7.99. The van der Waals surface area contributed by atoms with Crippen LogP contribution < -0.4 is 0 Å². The Bertz CT molecular complexity index is 588. The first-order valence-electron chi connectivity index (χ1n) is 5.15. The van der Waals surface area contributed by atoms with Crippen molar-refractivity contribution in [2.45, 2.75) is 12.8 Å². The number of rotatable bonds is 3. The summed E-state index contributed by atoms with van der Waals surface area (Å²) < 4.78 is 11.0. The van der Waals surface area contributed by atoms with E-state index in [0.717, 1.165) is 16.3 Å². The van der Waals surface area contributed by atoms with Crippen LogP contribution in [0, 0.1) is 0 Å². The smallest absolute Gasteiger partial charge is 0.329 e. The molecular weight excluding hydrogens is 239 g/mol. The third-order valence-electron chi connectivity index (χ3n) is 2.59. The zero-order chi connectivity index (χ0) is 12.5. The van der Waals surface area contributed by atoms with Crippen LogP contribution in [0.4, 0.5) is 0 Å². The maximum Gasteiger partial charge on any atom is 0.329 e. The van der Waals surface area contributed by atoms with Crippen molar-refractivity contribution >= 4 is 18.4 Å². The van der Waals surface area contributed by atoms with Gasteiger partial charge in [0.05, 0.1) is 12.8 Å². The molecule has 2 aromatic rings. The number of benzene rings is 2. The maximum absolute atomic E-state index is 11.0. The monoisotopic (exact) mass is 252 g/mol. The average molecular weight is 252 g/mol. The zero-order valence-electron chi connectivity index (χ0n) is 9.08. The van der Waals surface area contributed by atoms with Gasteiger partial charge >= 0.3 is 7.60 Å². The molecule has 0 spiro atoms. The zero-order valence-corrected chi connectivity index (χ0v) is 9.97. The van der Waals surface area contributed by atoms with Gasteiger partial charge in [-0.2, -0.15) is 0 Å². The predicted octanol–water partition coefficient (Wildman–Crippen LogP) is 2.01. The Morgan fingerprint density at radius 2 is 1.88 bits per heavy atom. The Balaban J connectivity index is 2.54. The molecule has 0 heterocycles. The molecule has 4 nitrogen and oxygen atoms in total. The maximum atomic E-state index is 11.0. The molecule has 2 aromatic carbocycles. The van der Waals surface area contributed by atoms with E-state index in [1.807, 2.05) is 12.1 Å². The number of fused-ring (bicyclic) bond motifs is 1. The van der Waals surface area contributed by atoms with Gasteiger partial charge in [0.15, 0.2) is 0 Å². The van der Waals surface area contributed by atoms with E-state index in [0.29, 0.717) is 5.56 Å². The van der Waals surface area contributed by atoms with Crippen molar-refractivity contribution < 1.29 is 19.5 Å². The van der Waals surface area contributed by atoms with Gasteiger partial charge in [0, 0.05) is 0 Å². The van der Waals surface area contributed by atoms with Gasteiger partial charge in [-0.1, -0.05) is 30.3 Å². The van der Waals surface area contributed by atoms with Gasteiger partial charge in [0.2, 0.25) is 0 Å². The molecule has 0 saturated heterocycles. The molecule has 17 heavy (non-hydrogen) atoms. The number of hydrogen-bond donors (Lipinski definition) is 3. The SMILES string of the molecule is O=P(O)(O)Cc1cccc2cc(CO)ccc12. The fourth-order valence-electron chi connectivity index (χ4n) is 1.86. The van der Waals surface area contributed by atoms with Crippen molar-refractivity contribution in [1.29, 1.82) is 0 Å². The van der Waals surface area contributed by atoms with Crippen molar-refractivity contribution in [3.8, 4) is 0 Å². The molecule has 2 rings (SSSR count). The third-order valence-corrected chi connectivity index (χ3v) is 3.35. The molecule has 0 unspecified atom stereocenters. The summed E-state index contributed by atoms with van der Waals surface area (Å²) >= 11 is 0. The average Bonchev–Trinajstić information content (AvgIpc) is 2.26. The first kappa shape index (κ1) is 12.3. The summed E-state index contributed by atoms with van der Waals surface area (Å²) in [7, 11) is -4.06. The van der Waals surface area contributed by atoms with E-state index >= 15 is 0 Å². The lowest BCUT2D eigenvalue weighted by Crippen LogP contribution is -1.90. The number of aliphatic hydroxyl groups is 1. The van der Waals surface area contributed by atoms with Gasteiger partial charge < -0.3 is 14.9 Å². The fraction of sp³-hybridized carbons (Fsp3) is 0.167. The molecule has 0 aliphatic heterocycles. The van der Waals surface area contributed by atoms with Crippen LogP contribution in [-0.2, 0) is 17.3 Å². The Morgan fingerprint density at radius 1 is 1.12 bits per heavy atom. The van der Waals surface area contributed by atoms with Crippen molar-refractivity contribution in [2.24, 2.45) is 0 Å². The molecule has 0 atom stereocenters. The van der Waals surface area contributed by atoms with E-state index in [1.165, 1.54) is 0 Å². The van der Waals surface area contributed by atoms with Crippen LogP contribution in [0.2, 0.25) is 0 Å². The summed E-state index contributed by atoms with van der Waals surface area (Å²) in [4.78, 5) is 18.0. The van der Waals surface area contributed by atoms with Crippen LogP contribution in [-0.4, -0.2) is 14.9 Å². The summed E-state index contributed by atoms with van der Waals surface area (Å²) in [6.07, 6.45) is -0.261. The van der Waals surface area contributed by atoms with Crippen LogP contribution in [0.3, 0.4) is 0 Å². The normalized spacial score (nSPS) is 11.9. The quantitative estimate of drug-likeness (QED) is 0.730. The van der Waals surface area contributed by atoms with Crippen molar-refractivity contribution in [2.75, 3.05) is 0 Å². The molecular formula is C12H13O4P. The van der Waals surface area contributed by atoms with E-state index in [1.54, 1.807) is 24.3 Å². The van der Waals surface area contributed by atoms with Gasteiger partial charge in [0.25, 0.3) is 0 Å². The molecule has 5 heteroatoms. The molecule has 0 amide bonds. The minimum Gasteiger partial charge on any atom is -0.392 e. The van der Waals surface area contributed by atoms with Crippen molar-refractivity contribution in [3.05, 3.63) is 47.5 Å². The minimum absolute atomic E-state index is 0.0430. The second-order valence-electron chi connectivity index (χ2n) is 3.95. The molecule has 0 bridgehead atoms. The summed E-state index contributed by atoms with van der Waals surface area (Å²) in [5, 5.41) is 10.7. The molecule has 0 radical (unpaired) electrons. The first-order valence-corrected chi connectivity index (χ1v) is 6.95. The molecule has 90 valence electrons. The number of hydrogen-bond acceptors (Lipinski definition) is 2. The second-order valence-corrected chi connectivity index (χ2v) is 5.60. The van der Waals surface area contributed by atoms with Gasteiger partial charge in [0.1, 0.15) is 0 Å². The van der Waals surface area contributed by atoms with Crippen LogP contribution in [0.15, 0.2) is 36.4 Å².